The molecule has 0 aromatic heterocycles. The van der Waals surface area contributed by atoms with Crippen molar-refractivity contribution in [1.82, 2.24) is 16.0 Å². The highest BCUT2D eigenvalue weighted by Gasteiger charge is 2.21. The molecule has 0 heterocycles. The van der Waals surface area contributed by atoms with E-state index in [0.29, 0.717) is 19.3 Å². The highest BCUT2D eigenvalue weighted by atomic mass is 16.5. The predicted molar refractivity (Wildman–Crippen MR) is 92.6 cm³/mol. The van der Waals surface area contributed by atoms with Crippen LogP contribution in [0.25, 0.3) is 0 Å². The lowest BCUT2D eigenvalue weighted by Crippen LogP contribution is -2.44. The van der Waals surface area contributed by atoms with Crippen molar-refractivity contribution in [2.75, 3.05) is 20.2 Å². The van der Waals surface area contributed by atoms with Crippen LogP contribution in [0.3, 0.4) is 0 Å². The van der Waals surface area contributed by atoms with Crippen molar-refractivity contribution in [3.05, 3.63) is 35.9 Å². The molecule has 0 bridgehead atoms. The van der Waals surface area contributed by atoms with E-state index < -0.39 is 6.04 Å². The minimum Gasteiger partial charge on any atom is -0.378 e. The number of rotatable bonds is 8. The summed E-state index contributed by atoms with van der Waals surface area (Å²) < 4.78 is 5.75. The van der Waals surface area contributed by atoms with Gasteiger partial charge in [0, 0.05) is 20.2 Å². The standard InChI is InChI=1S/C18H27N3O3/c1-19-17(22)16(14-8-3-2-4-9-14)21-18(23)20-12-7-13-24-15-10-5-6-11-15/h2-4,8-9,15-16H,5-7,10-13H2,1H3,(H,19,22)(H2,20,21,23). The van der Waals surface area contributed by atoms with Crippen LogP contribution in [0.2, 0.25) is 0 Å². The molecule has 1 fully saturated rings. The second-order valence-electron chi connectivity index (χ2n) is 5.99. The van der Waals surface area contributed by atoms with Gasteiger partial charge in [-0.1, -0.05) is 43.2 Å². The quantitative estimate of drug-likeness (QED) is 0.638. The number of benzene rings is 1. The van der Waals surface area contributed by atoms with Crippen LogP contribution < -0.4 is 16.0 Å². The zero-order valence-electron chi connectivity index (χ0n) is 14.2. The van der Waals surface area contributed by atoms with E-state index in [1.165, 1.54) is 12.8 Å². The third-order valence-corrected chi connectivity index (χ3v) is 4.18. The number of likely N-dealkylation sites (N-methyl/N-ethyl adjacent to an activating group) is 1. The van der Waals surface area contributed by atoms with Gasteiger partial charge in [0.1, 0.15) is 6.04 Å². The van der Waals surface area contributed by atoms with Gasteiger partial charge >= 0.3 is 6.03 Å². The summed E-state index contributed by atoms with van der Waals surface area (Å²) in [6.07, 6.45) is 5.98. The zero-order chi connectivity index (χ0) is 17.2. The van der Waals surface area contributed by atoms with Crippen molar-refractivity contribution in [2.45, 2.75) is 44.2 Å². The van der Waals surface area contributed by atoms with Crippen LogP contribution in [0.1, 0.15) is 43.7 Å². The van der Waals surface area contributed by atoms with E-state index in [0.717, 1.165) is 24.8 Å². The van der Waals surface area contributed by atoms with Crippen LogP contribution in [0.4, 0.5) is 4.79 Å². The fraction of sp³-hybridized carbons (Fsp3) is 0.556. The number of hydrogen-bond acceptors (Lipinski definition) is 3. The Bertz CT molecular complexity index is 516. The van der Waals surface area contributed by atoms with E-state index in [1.54, 1.807) is 7.05 Å². The summed E-state index contributed by atoms with van der Waals surface area (Å²) in [6, 6.07) is 8.12. The minimum atomic E-state index is -0.703. The summed E-state index contributed by atoms with van der Waals surface area (Å²) in [4.78, 5) is 24.0. The first-order chi connectivity index (χ1) is 11.7. The van der Waals surface area contributed by atoms with Crippen LogP contribution >= 0.6 is 0 Å². The Hall–Kier alpha value is -2.08. The van der Waals surface area contributed by atoms with Gasteiger partial charge < -0.3 is 20.7 Å². The largest absolute Gasteiger partial charge is 0.378 e. The van der Waals surface area contributed by atoms with Crippen LogP contribution in [-0.2, 0) is 9.53 Å². The van der Waals surface area contributed by atoms with Gasteiger partial charge in [-0.25, -0.2) is 4.79 Å². The van der Waals surface area contributed by atoms with Gasteiger partial charge in [-0.05, 0) is 24.8 Å². The van der Waals surface area contributed by atoms with Crippen molar-refractivity contribution in [2.24, 2.45) is 0 Å². The first kappa shape index (κ1) is 18.3. The fourth-order valence-electron chi connectivity index (χ4n) is 2.85. The zero-order valence-corrected chi connectivity index (χ0v) is 14.2. The molecule has 6 heteroatoms. The number of hydrogen-bond donors (Lipinski definition) is 3. The number of carbonyl (C=O) groups excluding carboxylic acids is 2. The molecule has 0 spiro atoms. The molecule has 1 aliphatic rings. The summed E-state index contributed by atoms with van der Waals surface area (Å²) in [5.74, 6) is -0.249. The Labute approximate surface area is 143 Å². The molecule has 1 aromatic carbocycles. The van der Waals surface area contributed by atoms with Gasteiger partial charge in [-0.3, -0.25) is 4.79 Å². The Morgan fingerprint density at radius 1 is 1.21 bits per heavy atom. The molecule has 3 amide bonds. The highest BCUT2D eigenvalue weighted by molar-refractivity contribution is 5.87. The Morgan fingerprint density at radius 2 is 1.92 bits per heavy atom. The summed E-state index contributed by atoms with van der Waals surface area (Å²) in [6.45, 7) is 1.18. The molecule has 1 saturated carbocycles. The first-order valence-corrected chi connectivity index (χ1v) is 8.63. The molecule has 0 saturated heterocycles. The smallest absolute Gasteiger partial charge is 0.315 e. The monoisotopic (exact) mass is 333 g/mol. The summed E-state index contributed by atoms with van der Waals surface area (Å²) in [5, 5.41) is 8.07. The van der Waals surface area contributed by atoms with Gasteiger partial charge in [0.15, 0.2) is 0 Å². The summed E-state index contributed by atoms with van der Waals surface area (Å²) in [7, 11) is 1.55. The second-order valence-corrected chi connectivity index (χ2v) is 5.99. The van der Waals surface area contributed by atoms with Gasteiger partial charge in [-0.15, -0.1) is 0 Å². The van der Waals surface area contributed by atoms with E-state index in [1.807, 2.05) is 30.3 Å². The lowest BCUT2D eigenvalue weighted by Gasteiger charge is -2.18. The average molecular weight is 333 g/mol. The maximum absolute atomic E-state index is 12.0. The minimum absolute atomic E-state index is 0.249. The van der Waals surface area contributed by atoms with Gasteiger partial charge in [0.05, 0.1) is 6.10 Å². The molecular formula is C18H27N3O3. The topological polar surface area (TPSA) is 79.5 Å². The molecule has 3 N–H and O–H groups in total. The maximum atomic E-state index is 12.0. The molecular weight excluding hydrogens is 306 g/mol. The lowest BCUT2D eigenvalue weighted by molar-refractivity contribution is -0.122. The number of ether oxygens (including phenoxy) is 1. The van der Waals surface area contributed by atoms with E-state index in [4.69, 9.17) is 4.74 Å². The fourth-order valence-corrected chi connectivity index (χ4v) is 2.85. The number of nitrogens with one attached hydrogen (secondary N) is 3. The molecule has 0 radical (unpaired) electrons. The second kappa shape index (κ2) is 9.93. The summed E-state index contributed by atoms with van der Waals surface area (Å²) >= 11 is 0. The van der Waals surface area contributed by atoms with E-state index >= 15 is 0 Å². The van der Waals surface area contributed by atoms with Crippen LogP contribution in [-0.4, -0.2) is 38.2 Å². The van der Waals surface area contributed by atoms with Crippen LogP contribution in [0, 0.1) is 0 Å². The normalized spacial score (nSPS) is 15.7. The predicted octanol–water partition coefficient (Wildman–Crippen LogP) is 2.12. The molecule has 2 rings (SSSR count). The molecule has 1 aromatic rings. The Kier molecular flexibility index (Phi) is 7.55. The molecule has 24 heavy (non-hydrogen) atoms. The van der Waals surface area contributed by atoms with Crippen molar-refractivity contribution < 1.29 is 14.3 Å². The SMILES string of the molecule is CNC(=O)C(NC(=O)NCCCOC1CCCC1)c1ccccc1. The number of amides is 3. The Balaban J connectivity index is 1.71. The van der Waals surface area contributed by atoms with Gasteiger partial charge in [0.2, 0.25) is 5.91 Å². The molecule has 1 atom stereocenters. The first-order valence-electron chi connectivity index (χ1n) is 8.63. The maximum Gasteiger partial charge on any atom is 0.315 e. The van der Waals surface area contributed by atoms with Crippen LogP contribution in [0.15, 0.2) is 30.3 Å². The van der Waals surface area contributed by atoms with Gasteiger partial charge in [0.25, 0.3) is 0 Å². The molecule has 1 unspecified atom stereocenters. The van der Waals surface area contributed by atoms with Crippen molar-refractivity contribution in [3.8, 4) is 0 Å². The third-order valence-electron chi connectivity index (χ3n) is 4.18. The Morgan fingerprint density at radius 3 is 2.58 bits per heavy atom. The highest BCUT2D eigenvalue weighted by Crippen LogP contribution is 2.20. The van der Waals surface area contributed by atoms with E-state index in [9.17, 15) is 9.59 Å². The van der Waals surface area contributed by atoms with Crippen molar-refractivity contribution in [1.29, 1.82) is 0 Å². The number of urea groups is 1. The van der Waals surface area contributed by atoms with Crippen molar-refractivity contribution >= 4 is 11.9 Å². The molecule has 6 nitrogen and oxygen atoms in total. The van der Waals surface area contributed by atoms with Gasteiger partial charge in [-0.2, -0.15) is 0 Å². The number of carbonyl (C=O) groups is 2. The van der Waals surface area contributed by atoms with Crippen molar-refractivity contribution in [3.63, 3.8) is 0 Å². The molecule has 132 valence electrons. The van der Waals surface area contributed by atoms with Crippen LogP contribution in [0.5, 0.6) is 0 Å². The third kappa shape index (κ3) is 5.85. The lowest BCUT2D eigenvalue weighted by atomic mass is 10.1. The molecule has 0 aliphatic heterocycles. The molecule has 1 aliphatic carbocycles. The summed E-state index contributed by atoms with van der Waals surface area (Å²) in [5.41, 5.74) is 0.747. The van der Waals surface area contributed by atoms with E-state index in [2.05, 4.69) is 16.0 Å². The average Bonchev–Trinajstić information content (AvgIpc) is 3.13. The van der Waals surface area contributed by atoms with E-state index in [-0.39, 0.29) is 11.9 Å².